The summed E-state index contributed by atoms with van der Waals surface area (Å²) < 4.78 is 31.6. The van der Waals surface area contributed by atoms with Crippen LogP contribution in [0.25, 0.3) is 0 Å². The number of aliphatic hydroxyl groups is 1. The first-order valence-corrected chi connectivity index (χ1v) is 6.84. The summed E-state index contributed by atoms with van der Waals surface area (Å²) in [4.78, 5) is 14.0. The van der Waals surface area contributed by atoms with Crippen LogP contribution >= 0.6 is 0 Å². The Kier molecular flexibility index (Phi) is 4.40. The molecule has 2 aliphatic rings. The summed E-state index contributed by atoms with van der Waals surface area (Å²) >= 11 is 0. The van der Waals surface area contributed by atoms with E-state index in [-0.39, 0.29) is 56.3 Å². The van der Waals surface area contributed by atoms with Crippen molar-refractivity contribution in [1.29, 1.82) is 0 Å². The second kappa shape index (κ2) is 5.71. The first kappa shape index (κ1) is 14.7. The van der Waals surface area contributed by atoms with Gasteiger partial charge in [0.05, 0.1) is 18.8 Å². The van der Waals surface area contributed by atoms with Crippen LogP contribution in [0.2, 0.25) is 0 Å². The van der Waals surface area contributed by atoms with E-state index in [4.69, 9.17) is 9.84 Å². The van der Waals surface area contributed by atoms with Crippen LogP contribution in [-0.2, 0) is 9.53 Å². The number of rotatable bonds is 2. The first-order valence-electron chi connectivity index (χ1n) is 6.84. The fraction of sp³-hybridized carbons (Fsp3) is 0.923. The zero-order valence-electron chi connectivity index (χ0n) is 11.1. The van der Waals surface area contributed by atoms with Crippen molar-refractivity contribution in [1.82, 2.24) is 4.90 Å². The van der Waals surface area contributed by atoms with Crippen LogP contribution in [0.1, 0.15) is 32.6 Å². The molecule has 6 heteroatoms. The van der Waals surface area contributed by atoms with Gasteiger partial charge in [0, 0.05) is 31.8 Å². The Hall–Kier alpha value is -0.750. The highest BCUT2D eigenvalue weighted by Crippen LogP contribution is 2.37. The average molecular weight is 277 g/mol. The lowest BCUT2D eigenvalue weighted by Crippen LogP contribution is -2.52. The molecule has 1 saturated heterocycles. The van der Waals surface area contributed by atoms with Crippen molar-refractivity contribution < 1.29 is 23.4 Å². The Morgan fingerprint density at radius 2 is 2.00 bits per heavy atom. The SMILES string of the molecule is CC1CN(C(=O)C2CCC(F)(F)CC2)CC(CO)O1. The molecule has 2 rings (SSSR count). The molecule has 2 unspecified atom stereocenters. The summed E-state index contributed by atoms with van der Waals surface area (Å²) in [5.41, 5.74) is 0. The molecule has 1 aliphatic heterocycles. The Labute approximate surface area is 111 Å². The number of carbonyl (C=O) groups is 1. The maximum atomic E-state index is 13.1. The number of halogens is 2. The fourth-order valence-corrected chi connectivity index (χ4v) is 2.87. The summed E-state index contributed by atoms with van der Waals surface area (Å²) in [6.45, 7) is 2.54. The molecule has 19 heavy (non-hydrogen) atoms. The lowest BCUT2D eigenvalue weighted by atomic mass is 9.85. The smallest absolute Gasteiger partial charge is 0.248 e. The predicted octanol–water partition coefficient (Wildman–Crippen LogP) is 1.42. The molecule has 0 radical (unpaired) electrons. The highest BCUT2D eigenvalue weighted by atomic mass is 19.3. The number of amides is 1. The Balaban J connectivity index is 1.92. The Morgan fingerprint density at radius 3 is 2.58 bits per heavy atom. The van der Waals surface area contributed by atoms with E-state index < -0.39 is 5.92 Å². The van der Waals surface area contributed by atoms with Gasteiger partial charge >= 0.3 is 0 Å². The van der Waals surface area contributed by atoms with Gasteiger partial charge in [0.15, 0.2) is 0 Å². The van der Waals surface area contributed by atoms with Gasteiger partial charge in [-0.2, -0.15) is 0 Å². The quantitative estimate of drug-likeness (QED) is 0.830. The number of carbonyl (C=O) groups excluding carboxylic acids is 1. The number of hydrogen-bond acceptors (Lipinski definition) is 3. The van der Waals surface area contributed by atoms with Crippen molar-refractivity contribution in [3.05, 3.63) is 0 Å². The minimum absolute atomic E-state index is 0.0656. The number of morpholine rings is 1. The maximum Gasteiger partial charge on any atom is 0.248 e. The third kappa shape index (κ3) is 3.63. The van der Waals surface area contributed by atoms with Crippen molar-refractivity contribution in [3.63, 3.8) is 0 Å². The van der Waals surface area contributed by atoms with Gasteiger partial charge in [0.1, 0.15) is 0 Å². The largest absolute Gasteiger partial charge is 0.394 e. The van der Waals surface area contributed by atoms with Gasteiger partial charge in [-0.1, -0.05) is 0 Å². The Morgan fingerprint density at radius 1 is 1.37 bits per heavy atom. The van der Waals surface area contributed by atoms with Gasteiger partial charge in [-0.15, -0.1) is 0 Å². The van der Waals surface area contributed by atoms with Crippen LogP contribution in [0.15, 0.2) is 0 Å². The molecule has 2 atom stereocenters. The topological polar surface area (TPSA) is 49.8 Å². The van der Waals surface area contributed by atoms with Crippen LogP contribution in [-0.4, -0.2) is 53.7 Å². The molecule has 0 aromatic rings. The molecule has 0 spiro atoms. The summed E-state index contributed by atoms with van der Waals surface area (Å²) in [5.74, 6) is -2.98. The third-order valence-corrected chi connectivity index (χ3v) is 3.91. The van der Waals surface area contributed by atoms with E-state index in [1.54, 1.807) is 4.90 Å². The molecule has 1 heterocycles. The van der Waals surface area contributed by atoms with Gasteiger partial charge in [-0.25, -0.2) is 8.78 Å². The lowest BCUT2D eigenvalue weighted by molar-refractivity contribution is -0.154. The monoisotopic (exact) mass is 277 g/mol. The van der Waals surface area contributed by atoms with E-state index in [0.717, 1.165) is 0 Å². The van der Waals surface area contributed by atoms with Crippen molar-refractivity contribution >= 4 is 5.91 Å². The van der Waals surface area contributed by atoms with Crippen LogP contribution < -0.4 is 0 Å². The van der Waals surface area contributed by atoms with Gasteiger partial charge in [-0.3, -0.25) is 4.79 Å². The summed E-state index contributed by atoms with van der Waals surface area (Å²) in [7, 11) is 0. The summed E-state index contributed by atoms with van der Waals surface area (Å²) in [6, 6.07) is 0. The van der Waals surface area contributed by atoms with E-state index in [1.807, 2.05) is 6.92 Å². The number of alkyl halides is 2. The van der Waals surface area contributed by atoms with Gasteiger partial charge in [0.2, 0.25) is 11.8 Å². The molecular formula is C13H21F2NO3. The number of ether oxygens (including phenoxy) is 1. The van der Waals surface area contributed by atoms with E-state index in [2.05, 4.69) is 0 Å². The summed E-state index contributed by atoms with van der Waals surface area (Å²) in [5, 5.41) is 9.13. The van der Waals surface area contributed by atoms with E-state index in [0.29, 0.717) is 13.1 Å². The minimum Gasteiger partial charge on any atom is -0.394 e. The molecule has 1 N–H and O–H groups in total. The van der Waals surface area contributed by atoms with Crippen LogP contribution in [0, 0.1) is 5.92 Å². The van der Waals surface area contributed by atoms with E-state index in [9.17, 15) is 13.6 Å². The van der Waals surface area contributed by atoms with Crippen LogP contribution in [0.5, 0.6) is 0 Å². The molecule has 4 nitrogen and oxygen atoms in total. The highest BCUT2D eigenvalue weighted by Gasteiger charge is 2.39. The average Bonchev–Trinajstić information content (AvgIpc) is 2.37. The van der Waals surface area contributed by atoms with Crippen molar-refractivity contribution in [2.45, 2.75) is 50.7 Å². The number of nitrogens with zero attached hydrogens (tertiary/aromatic N) is 1. The predicted molar refractivity (Wildman–Crippen MR) is 64.9 cm³/mol. The fourth-order valence-electron chi connectivity index (χ4n) is 2.87. The number of aliphatic hydroxyl groups excluding tert-OH is 1. The van der Waals surface area contributed by atoms with Crippen molar-refractivity contribution in [2.24, 2.45) is 5.92 Å². The second-order valence-electron chi connectivity index (χ2n) is 5.62. The van der Waals surface area contributed by atoms with Gasteiger partial charge < -0.3 is 14.7 Å². The molecule has 1 amide bonds. The van der Waals surface area contributed by atoms with Crippen molar-refractivity contribution in [3.8, 4) is 0 Å². The molecule has 1 saturated carbocycles. The third-order valence-electron chi connectivity index (χ3n) is 3.91. The maximum absolute atomic E-state index is 13.1. The minimum atomic E-state index is -2.61. The highest BCUT2D eigenvalue weighted by molar-refractivity contribution is 5.79. The molecule has 0 aromatic heterocycles. The van der Waals surface area contributed by atoms with Crippen LogP contribution in [0.4, 0.5) is 8.78 Å². The van der Waals surface area contributed by atoms with Gasteiger partial charge in [-0.05, 0) is 19.8 Å². The standard InChI is InChI=1S/C13H21F2NO3/c1-9-6-16(7-11(8-17)19-9)12(18)10-2-4-13(14,15)5-3-10/h9-11,17H,2-8H2,1H3. The molecule has 1 aliphatic carbocycles. The molecule has 0 aromatic carbocycles. The first-order chi connectivity index (χ1) is 8.91. The number of hydrogen-bond donors (Lipinski definition) is 1. The molecule has 2 fully saturated rings. The molecular weight excluding hydrogens is 256 g/mol. The van der Waals surface area contributed by atoms with Gasteiger partial charge in [0.25, 0.3) is 0 Å². The normalized spacial score (nSPS) is 32.3. The summed E-state index contributed by atoms with van der Waals surface area (Å²) in [6.07, 6.45) is -0.389. The van der Waals surface area contributed by atoms with Crippen molar-refractivity contribution in [2.75, 3.05) is 19.7 Å². The molecule has 110 valence electrons. The molecule has 0 bridgehead atoms. The van der Waals surface area contributed by atoms with E-state index in [1.165, 1.54) is 0 Å². The zero-order valence-corrected chi connectivity index (χ0v) is 11.1. The Bertz CT molecular complexity index is 328. The van der Waals surface area contributed by atoms with E-state index >= 15 is 0 Å². The zero-order chi connectivity index (χ0) is 14.0. The van der Waals surface area contributed by atoms with Crippen LogP contribution in [0.3, 0.4) is 0 Å². The lowest BCUT2D eigenvalue weighted by Gasteiger charge is -2.39. The second-order valence-corrected chi connectivity index (χ2v) is 5.62.